The van der Waals surface area contributed by atoms with Crippen LogP contribution in [0.5, 0.6) is 0 Å². The van der Waals surface area contributed by atoms with Gasteiger partial charge in [-0.2, -0.15) is 5.10 Å². The number of pyridine rings is 1. The van der Waals surface area contributed by atoms with E-state index in [0.29, 0.717) is 32.9 Å². The van der Waals surface area contributed by atoms with Crippen LogP contribution in [0.25, 0.3) is 22.0 Å². The lowest BCUT2D eigenvalue weighted by Crippen LogP contribution is -2.36. The van der Waals surface area contributed by atoms with Crippen LogP contribution in [0.4, 0.5) is 13.6 Å². The third-order valence-electron chi connectivity index (χ3n) is 5.94. The highest BCUT2D eigenvalue weighted by molar-refractivity contribution is 6.35. The van der Waals surface area contributed by atoms with Crippen molar-refractivity contribution in [1.82, 2.24) is 20.1 Å². The number of benzene rings is 2. The van der Waals surface area contributed by atoms with Gasteiger partial charge in [0.05, 0.1) is 28.5 Å². The first-order valence-electron chi connectivity index (χ1n) is 12.9. The molecule has 0 saturated heterocycles. The molecule has 4 aromatic rings. The lowest BCUT2D eigenvalue weighted by molar-refractivity contribution is 0.0502. The number of aryl methyl sites for hydroxylation is 1. The average Bonchev–Trinajstić information content (AvgIpc) is 3.23. The number of rotatable bonds is 5. The Labute approximate surface area is 242 Å². The molecular formula is C31H31ClF2N4O3. The molecule has 0 unspecified atom stereocenters. The van der Waals surface area contributed by atoms with Gasteiger partial charge in [-0.3, -0.25) is 4.68 Å². The van der Waals surface area contributed by atoms with Crippen molar-refractivity contribution in [3.05, 3.63) is 82.3 Å². The molecule has 2 N–H and O–H groups in total. The highest BCUT2D eigenvalue weighted by Crippen LogP contribution is 2.37. The Morgan fingerprint density at radius 2 is 1.76 bits per heavy atom. The molecule has 2 aromatic heterocycles. The van der Waals surface area contributed by atoms with Gasteiger partial charge in [-0.15, -0.1) is 0 Å². The number of halogens is 3. The number of aromatic nitrogens is 3. The van der Waals surface area contributed by atoms with Crippen molar-refractivity contribution in [2.75, 3.05) is 0 Å². The van der Waals surface area contributed by atoms with E-state index in [1.54, 1.807) is 70.7 Å². The standard InChI is InChI=1S/C31H31ClF2N4O3/c1-30(2,3)41-29(39)37-26(15-18-13-19(33)16-20(34)14-18)27-22(8-7-21(36-27)11-12-31(4,5)40)23-9-10-25(32)24-17-35-38(6)28(23)24/h7-10,13-14,16-17,26,40H,15H2,1-6H3,(H,37,39)/t26-/m0/s1. The van der Waals surface area contributed by atoms with Crippen molar-refractivity contribution < 1.29 is 23.4 Å². The van der Waals surface area contributed by atoms with E-state index in [9.17, 15) is 18.7 Å². The maximum Gasteiger partial charge on any atom is 0.408 e. The zero-order chi connectivity index (χ0) is 30.1. The summed E-state index contributed by atoms with van der Waals surface area (Å²) in [6.07, 6.45) is 0.906. The van der Waals surface area contributed by atoms with Crippen molar-refractivity contribution in [2.24, 2.45) is 7.05 Å². The smallest absolute Gasteiger partial charge is 0.408 e. The van der Waals surface area contributed by atoms with Crippen molar-refractivity contribution >= 4 is 28.6 Å². The molecule has 0 aliphatic rings. The highest BCUT2D eigenvalue weighted by Gasteiger charge is 2.26. The number of fused-ring (bicyclic) bond motifs is 1. The van der Waals surface area contributed by atoms with Gasteiger partial charge in [-0.05, 0) is 82.9 Å². The van der Waals surface area contributed by atoms with Crippen LogP contribution >= 0.6 is 11.6 Å². The third kappa shape index (κ3) is 7.60. The van der Waals surface area contributed by atoms with Crippen LogP contribution < -0.4 is 5.32 Å². The number of nitrogens with one attached hydrogen (secondary N) is 1. The first-order valence-corrected chi connectivity index (χ1v) is 13.3. The number of amides is 1. The molecule has 41 heavy (non-hydrogen) atoms. The van der Waals surface area contributed by atoms with Gasteiger partial charge in [-0.1, -0.05) is 23.6 Å². The predicted octanol–water partition coefficient (Wildman–Crippen LogP) is 6.50. The molecule has 1 amide bonds. The summed E-state index contributed by atoms with van der Waals surface area (Å²) < 4.78 is 35.5. The second kappa shape index (κ2) is 11.5. The third-order valence-corrected chi connectivity index (χ3v) is 6.27. The van der Waals surface area contributed by atoms with Crippen molar-refractivity contribution in [3.8, 4) is 23.0 Å². The summed E-state index contributed by atoms with van der Waals surface area (Å²) in [5, 5.41) is 18.6. The van der Waals surface area contributed by atoms with E-state index < -0.39 is 35.0 Å². The minimum absolute atomic E-state index is 0.0155. The maximum absolute atomic E-state index is 14.2. The molecule has 2 heterocycles. The van der Waals surface area contributed by atoms with Gasteiger partial charge < -0.3 is 15.2 Å². The minimum atomic E-state index is -1.27. The molecule has 0 bridgehead atoms. The Kier molecular flexibility index (Phi) is 8.39. The maximum atomic E-state index is 14.2. The van der Waals surface area contributed by atoms with Gasteiger partial charge in [0.15, 0.2) is 0 Å². The molecule has 0 aliphatic heterocycles. The van der Waals surface area contributed by atoms with Crippen LogP contribution in [0.2, 0.25) is 5.02 Å². The van der Waals surface area contributed by atoms with Gasteiger partial charge in [0.2, 0.25) is 0 Å². The van der Waals surface area contributed by atoms with Crippen LogP contribution in [0.1, 0.15) is 57.6 Å². The number of hydrogen-bond acceptors (Lipinski definition) is 5. The molecule has 0 saturated carbocycles. The normalized spacial score (nSPS) is 12.5. The van der Waals surface area contributed by atoms with Crippen LogP contribution in [-0.4, -0.2) is 37.2 Å². The van der Waals surface area contributed by atoms with Crippen molar-refractivity contribution in [2.45, 2.75) is 58.3 Å². The molecule has 0 spiro atoms. The molecular weight excluding hydrogens is 550 g/mol. The Bertz CT molecular complexity index is 1660. The lowest BCUT2D eigenvalue weighted by Gasteiger charge is -2.25. The molecule has 10 heteroatoms. The number of nitrogens with zero attached hydrogens (tertiary/aromatic N) is 3. The first kappa shape index (κ1) is 30.0. The molecule has 1 atom stereocenters. The topological polar surface area (TPSA) is 89.3 Å². The Morgan fingerprint density at radius 3 is 2.39 bits per heavy atom. The minimum Gasteiger partial charge on any atom is -0.444 e. The van der Waals surface area contributed by atoms with E-state index in [4.69, 9.17) is 21.3 Å². The van der Waals surface area contributed by atoms with Crippen LogP contribution in [0, 0.1) is 23.5 Å². The van der Waals surface area contributed by atoms with Crippen LogP contribution in [0.15, 0.2) is 48.7 Å². The monoisotopic (exact) mass is 580 g/mol. The summed E-state index contributed by atoms with van der Waals surface area (Å²) in [5.41, 5.74) is 0.972. The van der Waals surface area contributed by atoms with Gasteiger partial charge >= 0.3 is 6.09 Å². The fourth-order valence-corrected chi connectivity index (χ4v) is 4.56. The summed E-state index contributed by atoms with van der Waals surface area (Å²) in [4.78, 5) is 17.8. The Balaban J connectivity index is 1.95. The Hall–Kier alpha value is -4.00. The number of carbonyl (C=O) groups excluding carboxylic acids is 1. The molecule has 4 rings (SSSR count). The molecule has 2 aromatic carbocycles. The van der Waals surface area contributed by atoms with Crippen molar-refractivity contribution in [3.63, 3.8) is 0 Å². The second-order valence-corrected chi connectivity index (χ2v) is 11.7. The van der Waals surface area contributed by atoms with Crippen molar-refractivity contribution in [1.29, 1.82) is 0 Å². The van der Waals surface area contributed by atoms with Gasteiger partial charge in [0.1, 0.15) is 28.5 Å². The largest absolute Gasteiger partial charge is 0.444 e. The zero-order valence-corrected chi connectivity index (χ0v) is 24.4. The lowest BCUT2D eigenvalue weighted by atomic mass is 9.94. The van der Waals surface area contributed by atoms with E-state index in [1.165, 1.54) is 12.1 Å². The quantitative estimate of drug-likeness (QED) is 0.263. The zero-order valence-electron chi connectivity index (χ0n) is 23.6. The first-order chi connectivity index (χ1) is 19.1. The molecule has 0 radical (unpaired) electrons. The van der Waals surface area contributed by atoms with Gasteiger partial charge in [0, 0.05) is 29.6 Å². The summed E-state index contributed by atoms with van der Waals surface area (Å²) in [6, 6.07) is 9.33. The predicted molar refractivity (Wildman–Crippen MR) is 154 cm³/mol. The van der Waals surface area contributed by atoms with E-state index in [0.717, 1.165) is 17.1 Å². The molecule has 0 aliphatic carbocycles. The average molecular weight is 581 g/mol. The van der Waals surface area contributed by atoms with E-state index in [2.05, 4.69) is 22.3 Å². The molecule has 214 valence electrons. The van der Waals surface area contributed by atoms with Gasteiger partial charge in [-0.25, -0.2) is 18.6 Å². The second-order valence-electron chi connectivity index (χ2n) is 11.2. The number of aliphatic hydroxyl groups is 1. The van der Waals surface area contributed by atoms with E-state index in [-0.39, 0.29) is 6.42 Å². The number of hydrogen-bond donors (Lipinski definition) is 2. The van der Waals surface area contributed by atoms with E-state index in [1.807, 2.05) is 6.07 Å². The number of alkyl carbamates (subject to hydrolysis) is 1. The summed E-state index contributed by atoms with van der Waals surface area (Å²) in [6.45, 7) is 8.29. The van der Waals surface area contributed by atoms with Crippen LogP contribution in [-0.2, 0) is 18.2 Å². The van der Waals surface area contributed by atoms with E-state index >= 15 is 0 Å². The number of carbonyl (C=O) groups is 1. The molecule has 7 nitrogen and oxygen atoms in total. The number of ether oxygens (including phenoxy) is 1. The summed E-state index contributed by atoms with van der Waals surface area (Å²) in [5.74, 6) is 4.12. The summed E-state index contributed by atoms with van der Waals surface area (Å²) >= 11 is 6.45. The summed E-state index contributed by atoms with van der Waals surface area (Å²) in [7, 11) is 1.78. The SMILES string of the molecule is Cn1ncc2c(Cl)ccc(-c3ccc(C#CC(C)(C)O)nc3[C@H](Cc3cc(F)cc(F)c3)NC(=O)OC(C)(C)C)c21. The highest BCUT2D eigenvalue weighted by atomic mass is 35.5. The van der Waals surface area contributed by atoms with Crippen LogP contribution in [0.3, 0.4) is 0 Å². The Morgan fingerprint density at radius 1 is 1.10 bits per heavy atom. The fraction of sp³-hybridized carbons (Fsp3) is 0.323. The molecule has 0 fully saturated rings. The van der Waals surface area contributed by atoms with Gasteiger partial charge in [0.25, 0.3) is 0 Å². The fourth-order valence-electron chi connectivity index (χ4n) is 4.36.